The quantitative estimate of drug-likeness (QED) is 0.848. The van der Waals surface area contributed by atoms with Crippen LogP contribution >= 0.6 is 15.9 Å². The van der Waals surface area contributed by atoms with Gasteiger partial charge in [0.15, 0.2) is 0 Å². The molecule has 0 amide bonds. The average molecular weight is 329 g/mol. The second-order valence-electron chi connectivity index (χ2n) is 4.66. The number of pyridine rings is 1. The molecule has 0 unspecified atom stereocenters. The van der Waals surface area contributed by atoms with E-state index < -0.39 is 12.1 Å². The summed E-state index contributed by atoms with van der Waals surface area (Å²) in [7, 11) is 1.35. The third-order valence-corrected chi connectivity index (χ3v) is 3.73. The number of nitrogens with zero attached hydrogens (tertiary/aromatic N) is 2. The van der Waals surface area contributed by atoms with Crippen molar-refractivity contribution in [3.63, 3.8) is 0 Å². The lowest BCUT2D eigenvalue weighted by atomic mass is 9.98. The van der Waals surface area contributed by atoms with Crippen molar-refractivity contribution in [2.75, 3.05) is 13.7 Å². The van der Waals surface area contributed by atoms with Gasteiger partial charge in [0.1, 0.15) is 6.04 Å². The number of aromatic nitrogens is 1. The molecular weight excluding hydrogens is 312 g/mol. The maximum atomic E-state index is 11.8. The largest absolute Gasteiger partial charge is 0.468 e. The first-order valence-corrected chi connectivity index (χ1v) is 7.00. The Bertz CT molecular complexity index is 455. The number of aliphatic hydroxyl groups is 1. The molecule has 104 valence electrons. The summed E-state index contributed by atoms with van der Waals surface area (Å²) >= 11 is 3.37. The van der Waals surface area contributed by atoms with E-state index in [0.717, 1.165) is 23.0 Å². The number of carbonyl (C=O) groups excluding carboxylic acids is 1. The standard InChI is InChI=1S/C13H17BrN2O3/c1-19-13(18)12-11(17)3-2-4-16(12)8-9-5-10(14)7-15-6-9/h5-7,11-12,17H,2-4,8H2,1H3/t11-,12+/m1/s1. The van der Waals surface area contributed by atoms with Crippen molar-refractivity contribution in [1.82, 2.24) is 9.88 Å². The maximum Gasteiger partial charge on any atom is 0.325 e. The van der Waals surface area contributed by atoms with Crippen LogP contribution in [-0.4, -0.2) is 46.8 Å². The lowest BCUT2D eigenvalue weighted by Crippen LogP contribution is -2.52. The molecule has 1 aliphatic heterocycles. The van der Waals surface area contributed by atoms with Crippen LogP contribution < -0.4 is 0 Å². The van der Waals surface area contributed by atoms with Gasteiger partial charge in [-0.25, -0.2) is 0 Å². The molecule has 1 saturated heterocycles. The molecule has 6 heteroatoms. The summed E-state index contributed by atoms with van der Waals surface area (Å²) < 4.78 is 5.69. The Morgan fingerprint density at radius 2 is 2.42 bits per heavy atom. The maximum absolute atomic E-state index is 11.8. The molecule has 2 atom stereocenters. The van der Waals surface area contributed by atoms with E-state index in [0.29, 0.717) is 13.0 Å². The first-order chi connectivity index (χ1) is 9.11. The fourth-order valence-electron chi connectivity index (χ4n) is 2.42. The van der Waals surface area contributed by atoms with Gasteiger partial charge in [0, 0.05) is 23.4 Å². The van der Waals surface area contributed by atoms with Crippen molar-refractivity contribution >= 4 is 21.9 Å². The predicted octanol–water partition coefficient (Wildman–Crippen LogP) is 1.34. The highest BCUT2D eigenvalue weighted by molar-refractivity contribution is 9.10. The van der Waals surface area contributed by atoms with E-state index in [4.69, 9.17) is 4.74 Å². The molecule has 5 nitrogen and oxygen atoms in total. The van der Waals surface area contributed by atoms with Gasteiger partial charge in [-0.2, -0.15) is 0 Å². The smallest absolute Gasteiger partial charge is 0.325 e. The summed E-state index contributed by atoms with van der Waals surface area (Å²) in [6, 6.07) is 1.38. The molecule has 0 radical (unpaired) electrons. The molecular formula is C13H17BrN2O3. The van der Waals surface area contributed by atoms with Crippen LogP contribution in [-0.2, 0) is 16.1 Å². The molecule has 0 aliphatic carbocycles. The van der Waals surface area contributed by atoms with Crippen molar-refractivity contribution < 1.29 is 14.6 Å². The van der Waals surface area contributed by atoms with Crippen molar-refractivity contribution in [3.8, 4) is 0 Å². The van der Waals surface area contributed by atoms with Gasteiger partial charge in [-0.05, 0) is 46.9 Å². The van der Waals surface area contributed by atoms with Crippen LogP contribution in [0.4, 0.5) is 0 Å². The van der Waals surface area contributed by atoms with E-state index >= 15 is 0 Å². The Hall–Kier alpha value is -0.980. The monoisotopic (exact) mass is 328 g/mol. The molecule has 0 saturated carbocycles. The number of piperidine rings is 1. The lowest BCUT2D eigenvalue weighted by molar-refractivity contribution is -0.154. The number of likely N-dealkylation sites (tertiary alicyclic amines) is 1. The molecule has 0 bridgehead atoms. The van der Waals surface area contributed by atoms with E-state index in [1.807, 2.05) is 11.0 Å². The van der Waals surface area contributed by atoms with Crippen molar-refractivity contribution in [3.05, 3.63) is 28.5 Å². The first-order valence-electron chi connectivity index (χ1n) is 6.21. The fourth-order valence-corrected chi connectivity index (χ4v) is 2.84. The minimum absolute atomic E-state index is 0.379. The van der Waals surface area contributed by atoms with E-state index in [1.165, 1.54) is 7.11 Å². The zero-order valence-electron chi connectivity index (χ0n) is 10.8. The van der Waals surface area contributed by atoms with Gasteiger partial charge in [-0.1, -0.05) is 0 Å². The first kappa shape index (κ1) is 14.4. The minimum atomic E-state index is -0.665. The highest BCUT2D eigenvalue weighted by Gasteiger charge is 2.36. The number of rotatable bonds is 3. The number of hydrogen-bond donors (Lipinski definition) is 1. The third kappa shape index (κ3) is 3.52. The molecule has 1 aliphatic rings. The molecule has 19 heavy (non-hydrogen) atoms. The predicted molar refractivity (Wildman–Crippen MR) is 73.4 cm³/mol. The average Bonchev–Trinajstić information content (AvgIpc) is 2.38. The van der Waals surface area contributed by atoms with Crippen LogP contribution in [0.25, 0.3) is 0 Å². The number of aliphatic hydroxyl groups excluding tert-OH is 1. The molecule has 2 rings (SSSR count). The molecule has 1 N–H and O–H groups in total. The highest BCUT2D eigenvalue weighted by Crippen LogP contribution is 2.22. The molecule has 1 aromatic heterocycles. The number of hydrogen-bond acceptors (Lipinski definition) is 5. The molecule has 2 heterocycles. The Morgan fingerprint density at radius 1 is 1.63 bits per heavy atom. The lowest BCUT2D eigenvalue weighted by Gasteiger charge is -2.36. The SMILES string of the molecule is COC(=O)[C@@H]1[C@H](O)CCCN1Cc1cncc(Br)c1. The van der Waals surface area contributed by atoms with Gasteiger partial charge in [-0.15, -0.1) is 0 Å². The number of esters is 1. The summed E-state index contributed by atoms with van der Waals surface area (Å²) in [5.74, 6) is -0.379. The molecule has 1 fully saturated rings. The second kappa shape index (κ2) is 6.45. The number of halogens is 1. The summed E-state index contributed by atoms with van der Waals surface area (Å²) in [5.41, 5.74) is 0.998. The Balaban J connectivity index is 2.14. The highest BCUT2D eigenvalue weighted by atomic mass is 79.9. The summed E-state index contributed by atoms with van der Waals surface area (Å²) in [6.45, 7) is 1.34. The van der Waals surface area contributed by atoms with E-state index in [2.05, 4.69) is 20.9 Å². The van der Waals surface area contributed by atoms with Gasteiger partial charge in [-0.3, -0.25) is 14.7 Å². The van der Waals surface area contributed by atoms with E-state index in [1.54, 1.807) is 12.4 Å². The topological polar surface area (TPSA) is 62.7 Å². The second-order valence-corrected chi connectivity index (χ2v) is 5.58. The number of ether oxygens (including phenoxy) is 1. The Labute approximate surface area is 120 Å². The van der Waals surface area contributed by atoms with Crippen molar-refractivity contribution in [1.29, 1.82) is 0 Å². The summed E-state index contributed by atoms with van der Waals surface area (Å²) in [6.07, 6.45) is 4.32. The molecule has 0 aromatic carbocycles. The summed E-state index contributed by atoms with van der Waals surface area (Å²) in [4.78, 5) is 17.9. The van der Waals surface area contributed by atoms with Gasteiger partial charge in [0.05, 0.1) is 13.2 Å². The number of methoxy groups -OCH3 is 1. The van der Waals surface area contributed by atoms with Crippen LogP contribution in [0.15, 0.2) is 22.9 Å². The zero-order chi connectivity index (χ0) is 13.8. The van der Waals surface area contributed by atoms with Gasteiger partial charge >= 0.3 is 5.97 Å². The Kier molecular flexibility index (Phi) is 4.90. The van der Waals surface area contributed by atoms with E-state index in [9.17, 15) is 9.90 Å². The molecule has 1 aromatic rings. The molecule has 0 spiro atoms. The Morgan fingerprint density at radius 3 is 3.11 bits per heavy atom. The van der Waals surface area contributed by atoms with Gasteiger partial charge < -0.3 is 9.84 Å². The van der Waals surface area contributed by atoms with Crippen molar-refractivity contribution in [2.45, 2.75) is 31.5 Å². The third-order valence-electron chi connectivity index (χ3n) is 3.29. The van der Waals surface area contributed by atoms with Gasteiger partial charge in [0.25, 0.3) is 0 Å². The van der Waals surface area contributed by atoms with Crippen LogP contribution in [0.1, 0.15) is 18.4 Å². The van der Waals surface area contributed by atoms with Gasteiger partial charge in [0.2, 0.25) is 0 Å². The normalized spacial score (nSPS) is 24.2. The van der Waals surface area contributed by atoms with Crippen LogP contribution in [0, 0.1) is 0 Å². The van der Waals surface area contributed by atoms with Crippen LogP contribution in [0.2, 0.25) is 0 Å². The van der Waals surface area contributed by atoms with Crippen molar-refractivity contribution in [2.24, 2.45) is 0 Å². The van der Waals surface area contributed by atoms with Crippen LogP contribution in [0.5, 0.6) is 0 Å². The van der Waals surface area contributed by atoms with E-state index in [-0.39, 0.29) is 5.97 Å². The van der Waals surface area contributed by atoms with Crippen LogP contribution in [0.3, 0.4) is 0 Å². The zero-order valence-corrected chi connectivity index (χ0v) is 12.3. The summed E-state index contributed by atoms with van der Waals surface area (Å²) in [5, 5.41) is 10.0. The fraction of sp³-hybridized carbons (Fsp3) is 0.538. The number of carbonyl (C=O) groups is 1. The minimum Gasteiger partial charge on any atom is -0.468 e.